The number of nitrogens with zero attached hydrogens (tertiary/aromatic N) is 3. The quantitative estimate of drug-likeness (QED) is 0.694. The molecule has 0 fully saturated rings. The summed E-state index contributed by atoms with van der Waals surface area (Å²) in [6.45, 7) is 1.95. The van der Waals surface area contributed by atoms with E-state index in [0.29, 0.717) is 33.9 Å². The molecule has 0 saturated carbocycles. The molecule has 3 aromatic rings. The molecule has 0 radical (unpaired) electrons. The summed E-state index contributed by atoms with van der Waals surface area (Å²) >= 11 is 6.04. The molecule has 0 saturated heterocycles. The summed E-state index contributed by atoms with van der Waals surface area (Å²) in [4.78, 5) is 17.1. The van der Waals surface area contributed by atoms with E-state index in [1.165, 1.54) is 0 Å². The zero-order valence-electron chi connectivity index (χ0n) is 11.9. The lowest BCUT2D eigenvalue weighted by molar-refractivity contribution is 0.103. The fourth-order valence-corrected chi connectivity index (χ4v) is 2.63. The molecule has 0 aliphatic carbocycles. The van der Waals surface area contributed by atoms with Gasteiger partial charge in [0.2, 0.25) is 5.78 Å². The van der Waals surface area contributed by atoms with Crippen LogP contribution in [0.2, 0.25) is 5.02 Å². The zero-order chi connectivity index (χ0) is 15.7. The van der Waals surface area contributed by atoms with E-state index in [1.807, 2.05) is 31.2 Å². The molecule has 3 rings (SSSR count). The van der Waals surface area contributed by atoms with E-state index in [0.717, 1.165) is 5.69 Å². The minimum atomic E-state index is -0.129. The molecule has 0 aliphatic heterocycles. The van der Waals surface area contributed by atoms with Crippen molar-refractivity contribution in [2.45, 2.75) is 13.3 Å². The van der Waals surface area contributed by atoms with Crippen molar-refractivity contribution in [3.8, 4) is 6.07 Å². The van der Waals surface area contributed by atoms with Crippen molar-refractivity contribution in [1.29, 1.82) is 5.26 Å². The first kappa shape index (κ1) is 14.3. The molecular formula is C17H12ClN3O. The molecule has 5 heteroatoms. The van der Waals surface area contributed by atoms with Gasteiger partial charge in [0.25, 0.3) is 0 Å². The van der Waals surface area contributed by atoms with Crippen LogP contribution in [0.1, 0.15) is 34.2 Å². The van der Waals surface area contributed by atoms with E-state index < -0.39 is 0 Å². The summed E-state index contributed by atoms with van der Waals surface area (Å²) in [5.41, 5.74) is 2.70. The van der Waals surface area contributed by atoms with Crippen LogP contribution in [-0.2, 0) is 6.42 Å². The highest BCUT2D eigenvalue weighted by Crippen LogP contribution is 2.22. The van der Waals surface area contributed by atoms with Gasteiger partial charge in [-0.2, -0.15) is 5.26 Å². The number of aromatic nitrogens is 2. The smallest absolute Gasteiger partial charge is 0.213 e. The van der Waals surface area contributed by atoms with Crippen molar-refractivity contribution < 1.29 is 4.79 Å². The Morgan fingerprint density at radius 3 is 2.73 bits per heavy atom. The molecule has 0 spiro atoms. The lowest BCUT2D eigenvalue weighted by atomic mass is 10.1. The first-order valence-corrected chi connectivity index (χ1v) is 7.23. The van der Waals surface area contributed by atoms with Gasteiger partial charge in [0.05, 0.1) is 16.3 Å². The lowest BCUT2D eigenvalue weighted by Crippen LogP contribution is -2.05. The topological polar surface area (TPSA) is 58.2 Å². The number of imidazole rings is 1. The van der Waals surface area contributed by atoms with Crippen LogP contribution in [0, 0.1) is 11.3 Å². The van der Waals surface area contributed by atoms with Gasteiger partial charge in [-0.1, -0.05) is 48.9 Å². The number of aryl methyl sites for hydroxylation is 1. The van der Waals surface area contributed by atoms with Gasteiger partial charge in [0.15, 0.2) is 0 Å². The fourth-order valence-electron chi connectivity index (χ4n) is 2.44. The van der Waals surface area contributed by atoms with E-state index in [9.17, 15) is 4.79 Å². The highest BCUT2D eigenvalue weighted by atomic mass is 35.5. The number of carbonyl (C=O) groups excluding carboxylic acids is 1. The van der Waals surface area contributed by atoms with Crippen LogP contribution >= 0.6 is 11.6 Å². The van der Waals surface area contributed by atoms with Crippen LogP contribution in [0.3, 0.4) is 0 Å². The van der Waals surface area contributed by atoms with Gasteiger partial charge in [-0.25, -0.2) is 4.98 Å². The summed E-state index contributed by atoms with van der Waals surface area (Å²) < 4.78 is 1.76. The average molecular weight is 310 g/mol. The second-order valence-electron chi connectivity index (χ2n) is 4.83. The van der Waals surface area contributed by atoms with Gasteiger partial charge in [0, 0.05) is 17.8 Å². The number of carbonyl (C=O) groups is 1. The number of rotatable bonds is 3. The number of ketones is 1. The molecule has 0 atom stereocenters. The molecule has 2 aromatic heterocycles. The second kappa shape index (κ2) is 5.63. The predicted molar refractivity (Wildman–Crippen MR) is 84.2 cm³/mol. The Kier molecular flexibility index (Phi) is 3.66. The molecule has 4 nitrogen and oxygen atoms in total. The Labute approximate surface area is 132 Å². The molecule has 0 unspecified atom stereocenters. The number of hydrogen-bond donors (Lipinski definition) is 0. The maximum atomic E-state index is 12.7. The van der Waals surface area contributed by atoms with Crippen molar-refractivity contribution in [3.63, 3.8) is 0 Å². The predicted octanol–water partition coefficient (Wildman–Crippen LogP) is 3.65. The minimum Gasteiger partial charge on any atom is -0.302 e. The summed E-state index contributed by atoms with van der Waals surface area (Å²) in [6.07, 6.45) is 2.26. The van der Waals surface area contributed by atoms with Crippen LogP contribution in [0.25, 0.3) is 5.65 Å². The third kappa shape index (κ3) is 2.26. The number of fused-ring (bicyclic) bond motifs is 1. The molecule has 0 bridgehead atoms. The van der Waals surface area contributed by atoms with Gasteiger partial charge in [-0.3, -0.25) is 4.79 Å². The zero-order valence-corrected chi connectivity index (χ0v) is 12.6. The third-order valence-electron chi connectivity index (χ3n) is 3.52. The Morgan fingerprint density at radius 1 is 1.36 bits per heavy atom. The number of hydrogen-bond acceptors (Lipinski definition) is 3. The molecule has 108 valence electrons. The van der Waals surface area contributed by atoms with Crippen LogP contribution in [-0.4, -0.2) is 15.2 Å². The summed E-state index contributed by atoms with van der Waals surface area (Å²) in [5, 5.41) is 9.43. The Balaban J connectivity index is 2.23. The van der Waals surface area contributed by atoms with Crippen LogP contribution < -0.4 is 0 Å². The Morgan fingerprint density at radius 2 is 2.09 bits per heavy atom. The highest BCUT2D eigenvalue weighted by Gasteiger charge is 2.20. The molecule has 0 aliphatic rings. The van der Waals surface area contributed by atoms with Crippen molar-refractivity contribution in [2.24, 2.45) is 0 Å². The number of benzene rings is 1. The molecule has 1 aromatic carbocycles. The SMILES string of the molecule is CCc1c(C(=O)c2ccccc2)nc2cc(Cl)c(C#N)cn12. The Hall–Kier alpha value is -2.64. The van der Waals surface area contributed by atoms with Crippen molar-refractivity contribution in [2.75, 3.05) is 0 Å². The van der Waals surface area contributed by atoms with E-state index >= 15 is 0 Å². The monoisotopic (exact) mass is 309 g/mol. The van der Waals surface area contributed by atoms with E-state index in [2.05, 4.69) is 4.98 Å². The number of nitriles is 1. The van der Waals surface area contributed by atoms with Gasteiger partial charge in [-0.05, 0) is 6.42 Å². The molecule has 0 amide bonds. The summed E-state index contributed by atoms with van der Waals surface area (Å²) in [7, 11) is 0. The summed E-state index contributed by atoms with van der Waals surface area (Å²) in [5.74, 6) is -0.129. The molecule has 22 heavy (non-hydrogen) atoms. The van der Waals surface area contributed by atoms with Gasteiger partial charge < -0.3 is 4.40 Å². The number of halogens is 1. The molecule has 0 N–H and O–H groups in total. The minimum absolute atomic E-state index is 0.129. The fraction of sp³-hybridized carbons (Fsp3) is 0.118. The summed E-state index contributed by atoms with van der Waals surface area (Å²) in [6, 6.07) is 12.7. The first-order valence-electron chi connectivity index (χ1n) is 6.86. The van der Waals surface area contributed by atoms with Crippen LogP contribution in [0.4, 0.5) is 0 Å². The van der Waals surface area contributed by atoms with Crippen molar-refractivity contribution >= 4 is 23.0 Å². The van der Waals surface area contributed by atoms with Gasteiger partial charge in [0.1, 0.15) is 17.4 Å². The standard InChI is InChI=1S/C17H12ClN3O/c1-2-14-16(17(22)11-6-4-3-5-7-11)20-15-8-13(18)12(9-19)10-21(14)15/h3-8,10H,2H2,1H3. The Bertz CT molecular complexity index is 907. The molecular weight excluding hydrogens is 298 g/mol. The molecule has 2 heterocycles. The van der Waals surface area contributed by atoms with Crippen LogP contribution in [0.15, 0.2) is 42.6 Å². The van der Waals surface area contributed by atoms with Gasteiger partial charge in [-0.15, -0.1) is 0 Å². The first-order chi connectivity index (χ1) is 10.7. The second-order valence-corrected chi connectivity index (χ2v) is 5.24. The maximum Gasteiger partial charge on any atom is 0.213 e. The van der Waals surface area contributed by atoms with Crippen LogP contribution in [0.5, 0.6) is 0 Å². The third-order valence-corrected chi connectivity index (χ3v) is 3.83. The number of pyridine rings is 1. The maximum absolute atomic E-state index is 12.7. The van der Waals surface area contributed by atoms with E-state index in [-0.39, 0.29) is 5.78 Å². The highest BCUT2D eigenvalue weighted by molar-refractivity contribution is 6.32. The van der Waals surface area contributed by atoms with E-state index in [4.69, 9.17) is 16.9 Å². The van der Waals surface area contributed by atoms with E-state index in [1.54, 1.807) is 28.8 Å². The lowest BCUT2D eigenvalue weighted by Gasteiger charge is -2.03. The largest absolute Gasteiger partial charge is 0.302 e. The van der Waals surface area contributed by atoms with Gasteiger partial charge >= 0.3 is 0 Å². The van der Waals surface area contributed by atoms with Crippen molar-refractivity contribution in [3.05, 3.63) is 70.1 Å². The average Bonchev–Trinajstić information content (AvgIpc) is 2.91. The van der Waals surface area contributed by atoms with Crippen molar-refractivity contribution in [1.82, 2.24) is 9.38 Å². The normalized spacial score (nSPS) is 10.6.